The molecule has 0 aliphatic heterocycles. The monoisotopic (exact) mass is 387 g/mol. The van der Waals surface area contributed by atoms with Crippen LogP contribution in [-0.2, 0) is 16.5 Å². The molecule has 1 heterocycles. The molecule has 10 heteroatoms. The van der Waals surface area contributed by atoms with Gasteiger partial charge >= 0.3 is 15.6 Å². The first kappa shape index (κ1) is 19.7. The van der Waals surface area contributed by atoms with Gasteiger partial charge in [-0.3, -0.25) is 0 Å². The van der Waals surface area contributed by atoms with Crippen molar-refractivity contribution in [3.63, 3.8) is 0 Å². The number of alkyl halides is 3. The lowest BCUT2D eigenvalue weighted by Crippen LogP contribution is -2.28. The van der Waals surface area contributed by atoms with Crippen molar-refractivity contribution in [1.29, 1.82) is 0 Å². The van der Waals surface area contributed by atoms with Gasteiger partial charge in [-0.2, -0.15) is 21.6 Å². The van der Waals surface area contributed by atoms with E-state index in [1.807, 2.05) is 6.20 Å². The summed E-state index contributed by atoms with van der Waals surface area (Å²) in [6.07, 6.45) is 4.38. The van der Waals surface area contributed by atoms with Gasteiger partial charge in [0.25, 0.3) is 0 Å². The van der Waals surface area contributed by atoms with Gasteiger partial charge in [0.05, 0.1) is 12.0 Å². The van der Waals surface area contributed by atoms with Gasteiger partial charge < -0.3 is 14.9 Å². The first-order chi connectivity index (χ1) is 12.2. The summed E-state index contributed by atoms with van der Waals surface area (Å²) in [5, 5.41) is 0.889. The maximum atomic E-state index is 12.2. The molecule has 3 rings (SSSR count). The van der Waals surface area contributed by atoms with Gasteiger partial charge in [-0.15, -0.1) is 0 Å². The van der Waals surface area contributed by atoms with Crippen molar-refractivity contribution in [1.82, 2.24) is 9.97 Å². The smallest absolute Gasteiger partial charge is 0.375 e. The number of fused-ring (bicyclic) bond motifs is 1. The van der Waals surface area contributed by atoms with Gasteiger partial charge in [-0.05, 0) is 18.0 Å². The Labute approximate surface area is 147 Å². The molecule has 3 N–H and O–H groups in total. The third-order valence-corrected chi connectivity index (χ3v) is 4.15. The van der Waals surface area contributed by atoms with Crippen LogP contribution in [0.3, 0.4) is 0 Å². The Hall–Kier alpha value is -2.59. The molecule has 0 fully saturated rings. The van der Waals surface area contributed by atoms with E-state index in [2.05, 4.69) is 14.2 Å². The summed E-state index contributed by atoms with van der Waals surface area (Å²) in [7, 11) is -5.64. The van der Waals surface area contributed by atoms with Gasteiger partial charge in [0, 0.05) is 18.0 Å². The second-order valence-electron chi connectivity index (χ2n) is 5.06. The maximum absolute atomic E-state index is 12.2. The Morgan fingerprint density at radius 2 is 1.81 bits per heavy atom. The fraction of sp³-hybridized carbons (Fsp3) is 0.188. The molecule has 0 unspecified atom stereocenters. The normalized spacial score (nSPS) is 11.7. The Kier molecular flexibility index (Phi) is 6.22. The number of benzene rings is 2. The molecule has 0 atom stereocenters. The number of nitrogens with zero attached hydrogens (tertiary/aromatic N) is 1. The minimum absolute atomic E-state index is 0.299. The molecular formula is C16H16F3N3O3S. The Balaban J connectivity index is 0.000000254. The van der Waals surface area contributed by atoms with E-state index in [9.17, 15) is 21.6 Å². The highest BCUT2D eigenvalue weighted by Gasteiger charge is 2.48. The molecule has 0 spiro atoms. The van der Waals surface area contributed by atoms with Crippen LogP contribution in [0, 0.1) is 0 Å². The summed E-state index contributed by atoms with van der Waals surface area (Å²) >= 11 is 0. The highest BCUT2D eigenvalue weighted by molar-refractivity contribution is 7.88. The van der Waals surface area contributed by atoms with Crippen molar-refractivity contribution in [2.75, 3.05) is 6.54 Å². The van der Waals surface area contributed by atoms with Crippen LogP contribution >= 0.6 is 0 Å². The molecule has 0 aliphatic carbocycles. The molecule has 3 aromatic rings. The number of H-pyrrole nitrogens is 1. The number of halogens is 3. The summed E-state index contributed by atoms with van der Waals surface area (Å²) < 4.78 is 62.6. The lowest BCUT2D eigenvalue weighted by molar-refractivity contribution is -0.0499. The summed E-state index contributed by atoms with van der Waals surface area (Å²) in [6.45, 7) is 0.671. The predicted octanol–water partition coefficient (Wildman–Crippen LogP) is 2.98. The number of imidazole rings is 1. The van der Waals surface area contributed by atoms with Crippen molar-refractivity contribution in [2.45, 2.75) is 11.9 Å². The zero-order valence-corrected chi connectivity index (χ0v) is 14.2. The number of aromatic amines is 1. The SMILES string of the molecule is NCCc1c[nH]cn1.O=S(=O)(Oc1cccc2ccccc12)C(F)(F)F. The van der Waals surface area contributed by atoms with Crippen LogP contribution in [0.5, 0.6) is 5.75 Å². The topological polar surface area (TPSA) is 98.1 Å². The lowest BCUT2D eigenvalue weighted by atomic mass is 10.1. The standard InChI is InChI=1S/C11H7F3O3S.C5H9N3/c12-11(13,14)18(15,16)17-10-7-3-5-8-4-1-2-6-9(8)10;6-2-1-5-3-7-4-8-5/h1-7H;3-4H,1-2,6H2,(H,7,8). The van der Waals surface area contributed by atoms with Crippen molar-refractivity contribution >= 4 is 20.9 Å². The predicted molar refractivity (Wildman–Crippen MR) is 90.9 cm³/mol. The van der Waals surface area contributed by atoms with Crippen LogP contribution < -0.4 is 9.92 Å². The molecule has 0 radical (unpaired) electrons. The van der Waals surface area contributed by atoms with Crippen LogP contribution in [0.4, 0.5) is 13.2 Å². The molecule has 2 aromatic carbocycles. The first-order valence-electron chi connectivity index (χ1n) is 7.41. The van der Waals surface area contributed by atoms with E-state index in [0.717, 1.165) is 12.1 Å². The fourth-order valence-electron chi connectivity index (χ4n) is 2.01. The molecular weight excluding hydrogens is 371 g/mol. The summed E-state index contributed by atoms with van der Waals surface area (Å²) in [5.41, 5.74) is 0.860. The quantitative estimate of drug-likeness (QED) is 0.530. The molecule has 0 bridgehead atoms. The molecule has 140 valence electrons. The van der Waals surface area contributed by atoms with E-state index < -0.39 is 15.6 Å². The number of aromatic nitrogens is 2. The van der Waals surface area contributed by atoms with Gasteiger partial charge in [-0.25, -0.2) is 4.98 Å². The van der Waals surface area contributed by atoms with Gasteiger partial charge in [-0.1, -0.05) is 36.4 Å². The average molecular weight is 387 g/mol. The number of hydrogen-bond acceptors (Lipinski definition) is 5. The first-order valence-corrected chi connectivity index (χ1v) is 8.81. The molecule has 0 saturated carbocycles. The third kappa shape index (κ3) is 4.96. The third-order valence-electron chi connectivity index (χ3n) is 3.19. The van der Waals surface area contributed by atoms with Crippen LogP contribution in [-0.4, -0.2) is 30.4 Å². The highest BCUT2D eigenvalue weighted by atomic mass is 32.2. The van der Waals surface area contributed by atoms with Crippen LogP contribution in [0.15, 0.2) is 55.0 Å². The Morgan fingerprint density at radius 3 is 2.42 bits per heavy atom. The minimum Gasteiger partial charge on any atom is -0.375 e. The van der Waals surface area contributed by atoms with Crippen LogP contribution in [0.2, 0.25) is 0 Å². The average Bonchev–Trinajstić information content (AvgIpc) is 3.08. The van der Waals surface area contributed by atoms with E-state index in [0.29, 0.717) is 17.3 Å². The Bertz CT molecular complexity index is 937. The fourth-order valence-corrected chi connectivity index (χ4v) is 2.49. The molecule has 6 nitrogen and oxygen atoms in total. The van der Waals surface area contributed by atoms with E-state index in [-0.39, 0.29) is 5.75 Å². The van der Waals surface area contributed by atoms with Crippen molar-refractivity contribution in [3.8, 4) is 5.75 Å². The molecule has 0 saturated heterocycles. The van der Waals surface area contributed by atoms with E-state index in [4.69, 9.17) is 5.73 Å². The molecule has 26 heavy (non-hydrogen) atoms. The zero-order valence-electron chi connectivity index (χ0n) is 13.4. The van der Waals surface area contributed by atoms with Crippen molar-refractivity contribution in [3.05, 3.63) is 60.7 Å². The number of nitrogens with two attached hydrogens (primary N) is 1. The largest absolute Gasteiger partial charge is 0.534 e. The maximum Gasteiger partial charge on any atom is 0.534 e. The zero-order chi connectivity index (χ0) is 19.2. The molecule has 1 aromatic heterocycles. The molecule has 0 aliphatic rings. The number of hydrogen-bond donors (Lipinski definition) is 2. The minimum atomic E-state index is -5.64. The summed E-state index contributed by atoms with van der Waals surface area (Å²) in [4.78, 5) is 6.82. The van der Waals surface area contributed by atoms with Crippen molar-refractivity contribution < 1.29 is 25.8 Å². The van der Waals surface area contributed by atoms with Crippen LogP contribution in [0.1, 0.15) is 5.69 Å². The van der Waals surface area contributed by atoms with E-state index >= 15 is 0 Å². The van der Waals surface area contributed by atoms with Gasteiger partial charge in [0.1, 0.15) is 0 Å². The van der Waals surface area contributed by atoms with Gasteiger partial charge in [0.2, 0.25) is 0 Å². The lowest BCUT2D eigenvalue weighted by Gasteiger charge is -2.11. The van der Waals surface area contributed by atoms with Crippen LogP contribution in [0.25, 0.3) is 10.8 Å². The number of rotatable bonds is 4. The van der Waals surface area contributed by atoms with Gasteiger partial charge in [0.15, 0.2) is 5.75 Å². The Morgan fingerprint density at radius 1 is 1.12 bits per heavy atom. The van der Waals surface area contributed by atoms with E-state index in [1.54, 1.807) is 30.6 Å². The summed E-state index contributed by atoms with van der Waals surface area (Å²) in [5.74, 6) is -0.342. The van der Waals surface area contributed by atoms with E-state index in [1.165, 1.54) is 18.2 Å². The van der Waals surface area contributed by atoms with Crippen molar-refractivity contribution in [2.24, 2.45) is 5.73 Å². The second-order valence-corrected chi connectivity index (χ2v) is 6.60. The highest BCUT2D eigenvalue weighted by Crippen LogP contribution is 2.31. The summed E-state index contributed by atoms with van der Waals surface area (Å²) in [6, 6.07) is 10.6. The molecule has 0 amide bonds. The number of nitrogens with one attached hydrogen (secondary N) is 1. The second kappa shape index (κ2) is 8.19.